The summed E-state index contributed by atoms with van der Waals surface area (Å²) >= 11 is 4.11. The summed E-state index contributed by atoms with van der Waals surface area (Å²) < 4.78 is 0. The number of carbonyl (C=O) groups is 1. The molecule has 0 radical (unpaired) electrons. The van der Waals surface area contributed by atoms with Crippen molar-refractivity contribution >= 4 is 18.6 Å². The smallest absolute Gasteiger partial charge is 1.00 e. The summed E-state index contributed by atoms with van der Waals surface area (Å²) in [7, 11) is 0. The molecule has 13 heavy (non-hydrogen) atoms. The van der Waals surface area contributed by atoms with Crippen LogP contribution in [0.5, 0.6) is 0 Å². The van der Waals surface area contributed by atoms with Gasteiger partial charge in [0, 0.05) is 12.7 Å². The topological polar surface area (TPSA) is 37.3 Å². The zero-order chi connectivity index (χ0) is 9.40. The minimum Gasteiger partial charge on any atom is -1.00 e. The van der Waals surface area contributed by atoms with Crippen molar-refractivity contribution in [2.75, 3.05) is 0 Å². The van der Waals surface area contributed by atoms with E-state index >= 15 is 0 Å². The molecule has 0 aliphatic rings. The van der Waals surface area contributed by atoms with Crippen molar-refractivity contribution in [3.05, 3.63) is 35.9 Å². The van der Waals surface area contributed by atoms with E-state index in [1.807, 2.05) is 18.2 Å². The second kappa shape index (κ2) is 10.1. The standard InChI is InChI=1S/C7H8S.C2H4O2.Na.H/c8-6-7-4-2-1-3-5-7;1-2(3)4;;/h1-5,8H,6H2;1H3,(H,3,4);;/q;;+1;-1. The summed E-state index contributed by atoms with van der Waals surface area (Å²) in [6.45, 7) is 1.08. The monoisotopic (exact) mass is 208 g/mol. The number of benzene rings is 1. The molecule has 0 fully saturated rings. The van der Waals surface area contributed by atoms with Crippen LogP contribution in [0.25, 0.3) is 0 Å². The Morgan fingerprint density at radius 2 is 1.85 bits per heavy atom. The first-order valence-electron chi connectivity index (χ1n) is 3.51. The molecule has 0 atom stereocenters. The van der Waals surface area contributed by atoms with Gasteiger partial charge in [-0.3, -0.25) is 4.79 Å². The number of hydrogen-bond donors (Lipinski definition) is 2. The number of hydrogen-bond acceptors (Lipinski definition) is 2. The maximum atomic E-state index is 9.00. The van der Waals surface area contributed by atoms with Gasteiger partial charge in [-0.25, -0.2) is 0 Å². The molecule has 0 aromatic heterocycles. The molecule has 0 spiro atoms. The van der Waals surface area contributed by atoms with E-state index in [2.05, 4.69) is 24.8 Å². The first-order chi connectivity index (χ1) is 5.66. The maximum Gasteiger partial charge on any atom is 1.00 e. The predicted molar refractivity (Wildman–Crippen MR) is 53.6 cm³/mol. The Balaban J connectivity index is -0.000000180. The molecule has 1 aromatic rings. The summed E-state index contributed by atoms with van der Waals surface area (Å²) in [5, 5.41) is 7.42. The molecule has 0 aliphatic carbocycles. The maximum absolute atomic E-state index is 9.00. The molecule has 1 aromatic carbocycles. The molecule has 0 heterocycles. The molecule has 0 saturated carbocycles. The third-order valence-electron chi connectivity index (χ3n) is 1.03. The van der Waals surface area contributed by atoms with Crippen LogP contribution in [0.1, 0.15) is 13.9 Å². The van der Waals surface area contributed by atoms with Crippen molar-refractivity contribution in [2.45, 2.75) is 12.7 Å². The van der Waals surface area contributed by atoms with E-state index in [1.54, 1.807) is 0 Å². The third-order valence-corrected chi connectivity index (χ3v) is 1.39. The van der Waals surface area contributed by atoms with Crippen LogP contribution in [0.15, 0.2) is 30.3 Å². The largest absolute Gasteiger partial charge is 1.00 e. The molecule has 0 bridgehead atoms. The van der Waals surface area contributed by atoms with Gasteiger partial charge < -0.3 is 6.53 Å². The van der Waals surface area contributed by atoms with Crippen molar-refractivity contribution in [1.82, 2.24) is 0 Å². The van der Waals surface area contributed by atoms with Gasteiger partial charge in [0.15, 0.2) is 0 Å². The van der Waals surface area contributed by atoms with Gasteiger partial charge in [0.05, 0.1) is 0 Å². The zero-order valence-corrected chi connectivity index (χ0v) is 10.8. The van der Waals surface area contributed by atoms with Gasteiger partial charge in [-0.1, -0.05) is 30.3 Å². The van der Waals surface area contributed by atoms with Gasteiger partial charge in [0.2, 0.25) is 0 Å². The van der Waals surface area contributed by atoms with Gasteiger partial charge >= 0.3 is 29.6 Å². The summed E-state index contributed by atoms with van der Waals surface area (Å²) in [5.74, 6) is 0.000833. The van der Waals surface area contributed by atoms with Crippen LogP contribution >= 0.6 is 12.6 Å². The predicted octanol–water partition coefficient (Wildman–Crippen LogP) is -0.676. The van der Waals surface area contributed by atoms with Crippen LogP contribution < -0.4 is 29.6 Å². The Hall–Kier alpha value is 0.0400. The first kappa shape index (κ1) is 15.5. The fraction of sp³-hybridized carbons (Fsp3) is 0.222. The van der Waals surface area contributed by atoms with Crippen molar-refractivity contribution in [3.8, 4) is 0 Å². The molecule has 68 valence electrons. The van der Waals surface area contributed by atoms with Crippen molar-refractivity contribution in [1.29, 1.82) is 0 Å². The average Bonchev–Trinajstić information content (AvgIpc) is 2.05. The minimum absolute atomic E-state index is 0. The van der Waals surface area contributed by atoms with E-state index in [1.165, 1.54) is 5.56 Å². The fourth-order valence-electron chi connectivity index (χ4n) is 0.583. The summed E-state index contributed by atoms with van der Waals surface area (Å²) in [4.78, 5) is 9.00. The Morgan fingerprint density at radius 1 is 1.46 bits per heavy atom. The molecule has 1 rings (SSSR count). The van der Waals surface area contributed by atoms with Crippen molar-refractivity contribution in [2.24, 2.45) is 0 Å². The number of thiol groups is 1. The van der Waals surface area contributed by atoms with Gasteiger partial charge in [-0.05, 0) is 5.56 Å². The average molecular weight is 208 g/mol. The van der Waals surface area contributed by atoms with Gasteiger partial charge in [0.25, 0.3) is 5.97 Å². The third kappa shape index (κ3) is 12.0. The Labute approximate surface area is 108 Å². The number of carboxylic acids is 1. The van der Waals surface area contributed by atoms with Crippen LogP contribution in [-0.4, -0.2) is 11.1 Å². The molecule has 0 unspecified atom stereocenters. The van der Waals surface area contributed by atoms with Gasteiger partial charge in [0.1, 0.15) is 0 Å². The van der Waals surface area contributed by atoms with Crippen LogP contribution in [0, 0.1) is 0 Å². The molecular formula is C9H13NaO2S. The molecule has 2 nitrogen and oxygen atoms in total. The van der Waals surface area contributed by atoms with Crippen LogP contribution in [0.4, 0.5) is 0 Å². The van der Waals surface area contributed by atoms with E-state index in [4.69, 9.17) is 9.90 Å². The number of aliphatic carboxylic acids is 1. The first-order valence-corrected chi connectivity index (χ1v) is 4.14. The van der Waals surface area contributed by atoms with Gasteiger partial charge in [-0.15, -0.1) is 0 Å². The van der Waals surface area contributed by atoms with E-state index in [0.717, 1.165) is 12.7 Å². The Morgan fingerprint density at radius 3 is 2.08 bits per heavy atom. The molecule has 0 aliphatic heterocycles. The fourth-order valence-corrected chi connectivity index (χ4v) is 0.794. The van der Waals surface area contributed by atoms with Crippen LogP contribution in [0.3, 0.4) is 0 Å². The summed E-state index contributed by atoms with van der Waals surface area (Å²) in [5.41, 5.74) is 1.27. The second-order valence-corrected chi connectivity index (χ2v) is 2.48. The van der Waals surface area contributed by atoms with Crippen LogP contribution in [-0.2, 0) is 10.5 Å². The summed E-state index contributed by atoms with van der Waals surface area (Å²) in [6.07, 6.45) is 0. The van der Waals surface area contributed by atoms with E-state index in [-0.39, 0.29) is 31.0 Å². The normalized spacial score (nSPS) is 7.54. The Bertz CT molecular complexity index is 228. The number of carboxylic acid groups (broad SMARTS) is 1. The van der Waals surface area contributed by atoms with E-state index in [9.17, 15) is 0 Å². The molecule has 0 amide bonds. The number of rotatable bonds is 1. The SMILES string of the molecule is CC(=O)O.SCc1ccccc1.[H-].[Na+]. The van der Waals surface area contributed by atoms with Gasteiger partial charge in [-0.2, -0.15) is 12.6 Å². The quantitative estimate of drug-likeness (QED) is 0.474. The minimum atomic E-state index is -0.833. The zero-order valence-electron chi connectivity index (χ0n) is 8.90. The van der Waals surface area contributed by atoms with Crippen molar-refractivity contribution < 1.29 is 40.9 Å². The summed E-state index contributed by atoms with van der Waals surface area (Å²) in [6, 6.07) is 10.2. The molecule has 1 N–H and O–H groups in total. The van der Waals surface area contributed by atoms with E-state index < -0.39 is 5.97 Å². The van der Waals surface area contributed by atoms with Crippen LogP contribution in [0.2, 0.25) is 0 Å². The molecule has 0 saturated heterocycles. The van der Waals surface area contributed by atoms with Crippen molar-refractivity contribution in [3.63, 3.8) is 0 Å². The molecular weight excluding hydrogens is 195 g/mol. The molecule has 4 heteroatoms. The Kier molecular flexibility index (Phi) is 12.1. The second-order valence-electron chi connectivity index (χ2n) is 2.16. The van der Waals surface area contributed by atoms with E-state index in [0.29, 0.717) is 0 Å².